The number of rotatable bonds is 5. The van der Waals surface area contributed by atoms with E-state index in [-0.39, 0.29) is 17.6 Å². The van der Waals surface area contributed by atoms with Crippen molar-refractivity contribution < 1.29 is 23.9 Å². The fourth-order valence-electron chi connectivity index (χ4n) is 2.33. The Bertz CT molecular complexity index is 856. The van der Waals surface area contributed by atoms with Gasteiger partial charge >= 0.3 is 6.09 Å². The molecule has 0 radical (unpaired) electrons. The molecule has 0 aliphatic heterocycles. The Morgan fingerprint density at radius 2 is 1.67 bits per heavy atom. The van der Waals surface area contributed by atoms with Crippen molar-refractivity contribution in [2.75, 3.05) is 12.4 Å². The number of benzene rings is 1. The van der Waals surface area contributed by atoms with Crippen molar-refractivity contribution in [1.29, 1.82) is 0 Å². The van der Waals surface area contributed by atoms with E-state index < -0.39 is 12.0 Å². The monoisotopic (exact) mass is 390 g/mol. The summed E-state index contributed by atoms with van der Waals surface area (Å²) in [5, 5.41) is 5.24. The van der Waals surface area contributed by atoms with E-state index in [1.54, 1.807) is 31.2 Å². The average molecular weight is 390 g/mol. The van der Waals surface area contributed by atoms with E-state index in [9.17, 15) is 14.4 Å². The zero-order valence-electron chi connectivity index (χ0n) is 15.8. The second-order valence-corrected chi connectivity index (χ2v) is 7.30. The fourth-order valence-corrected chi connectivity index (χ4v) is 3.38. The van der Waals surface area contributed by atoms with Gasteiger partial charge in [-0.25, -0.2) is 4.79 Å². The molecule has 144 valence electrons. The summed E-state index contributed by atoms with van der Waals surface area (Å²) in [5.41, 5.74) is 1.36. The second kappa shape index (κ2) is 8.68. The van der Waals surface area contributed by atoms with Gasteiger partial charge < -0.3 is 14.8 Å². The lowest BCUT2D eigenvalue weighted by Crippen LogP contribution is -2.31. The molecule has 0 fully saturated rings. The number of amides is 3. The molecule has 1 aromatic heterocycles. The minimum Gasteiger partial charge on any atom is -0.491 e. The SMILES string of the molecule is COC(=O)NC(=O)c1c(NC(=O)c2ccc(OC(C)C)cc2)sc(C)c1C. The highest BCUT2D eigenvalue weighted by molar-refractivity contribution is 7.16. The van der Waals surface area contributed by atoms with E-state index in [4.69, 9.17) is 4.74 Å². The molecule has 2 aromatic rings. The lowest BCUT2D eigenvalue weighted by Gasteiger charge is -2.10. The highest BCUT2D eigenvalue weighted by Crippen LogP contribution is 2.32. The molecule has 7 nitrogen and oxygen atoms in total. The van der Waals surface area contributed by atoms with E-state index in [1.807, 2.05) is 20.8 Å². The van der Waals surface area contributed by atoms with Gasteiger partial charge in [0.05, 0.1) is 18.8 Å². The van der Waals surface area contributed by atoms with Crippen LogP contribution in [-0.4, -0.2) is 31.1 Å². The number of nitrogens with one attached hydrogen (secondary N) is 2. The molecule has 8 heteroatoms. The van der Waals surface area contributed by atoms with Crippen LogP contribution in [0, 0.1) is 13.8 Å². The topological polar surface area (TPSA) is 93.7 Å². The maximum absolute atomic E-state index is 12.6. The van der Waals surface area contributed by atoms with Crippen molar-refractivity contribution in [3.05, 3.63) is 45.8 Å². The summed E-state index contributed by atoms with van der Waals surface area (Å²) in [4.78, 5) is 37.1. The lowest BCUT2D eigenvalue weighted by molar-refractivity contribution is 0.0937. The van der Waals surface area contributed by atoms with Crippen LogP contribution in [-0.2, 0) is 4.74 Å². The van der Waals surface area contributed by atoms with Crippen molar-refractivity contribution in [3.63, 3.8) is 0 Å². The number of hydrogen-bond acceptors (Lipinski definition) is 6. The molecule has 1 aromatic carbocycles. The van der Waals surface area contributed by atoms with Gasteiger partial charge in [-0.2, -0.15) is 0 Å². The predicted molar refractivity (Wildman–Crippen MR) is 104 cm³/mol. The smallest absolute Gasteiger partial charge is 0.413 e. The largest absolute Gasteiger partial charge is 0.491 e. The van der Waals surface area contributed by atoms with Gasteiger partial charge in [-0.3, -0.25) is 14.9 Å². The first-order valence-corrected chi connectivity index (χ1v) is 9.12. The van der Waals surface area contributed by atoms with Gasteiger partial charge in [0.1, 0.15) is 10.8 Å². The molecule has 27 heavy (non-hydrogen) atoms. The van der Waals surface area contributed by atoms with Crippen molar-refractivity contribution in [2.24, 2.45) is 0 Å². The lowest BCUT2D eigenvalue weighted by atomic mass is 10.1. The highest BCUT2D eigenvalue weighted by Gasteiger charge is 2.23. The number of anilines is 1. The maximum Gasteiger partial charge on any atom is 0.413 e. The van der Waals surface area contributed by atoms with Gasteiger partial charge in [0.25, 0.3) is 11.8 Å². The summed E-state index contributed by atoms with van der Waals surface area (Å²) in [7, 11) is 1.17. The molecule has 3 amide bonds. The molecular formula is C19H22N2O5S. The van der Waals surface area contributed by atoms with Gasteiger partial charge in [-0.05, 0) is 57.5 Å². The van der Waals surface area contributed by atoms with Crippen LogP contribution < -0.4 is 15.4 Å². The summed E-state index contributed by atoms with van der Waals surface area (Å²) in [6.07, 6.45) is -0.820. The van der Waals surface area contributed by atoms with Crippen LogP contribution in [0.2, 0.25) is 0 Å². The summed E-state index contributed by atoms with van der Waals surface area (Å²) >= 11 is 1.27. The van der Waals surface area contributed by atoms with E-state index >= 15 is 0 Å². The Morgan fingerprint density at radius 3 is 2.22 bits per heavy atom. The van der Waals surface area contributed by atoms with Crippen LogP contribution in [0.1, 0.15) is 45.0 Å². The van der Waals surface area contributed by atoms with E-state index in [1.165, 1.54) is 18.4 Å². The molecule has 0 bridgehead atoms. The number of aryl methyl sites for hydroxylation is 1. The first kappa shape index (κ1) is 20.4. The quantitative estimate of drug-likeness (QED) is 0.807. The third-order valence-electron chi connectivity index (χ3n) is 3.73. The van der Waals surface area contributed by atoms with E-state index in [0.29, 0.717) is 21.9 Å². The fraction of sp³-hybridized carbons (Fsp3) is 0.316. The molecule has 0 atom stereocenters. The van der Waals surface area contributed by atoms with Crippen molar-refractivity contribution >= 4 is 34.2 Å². The van der Waals surface area contributed by atoms with E-state index in [0.717, 1.165) is 4.88 Å². The molecule has 0 aliphatic rings. The molecule has 2 rings (SSSR count). The van der Waals surface area contributed by atoms with Crippen LogP contribution in [0.15, 0.2) is 24.3 Å². The number of methoxy groups -OCH3 is 1. The third-order valence-corrected chi connectivity index (χ3v) is 4.85. The van der Waals surface area contributed by atoms with Gasteiger partial charge in [-0.1, -0.05) is 0 Å². The molecule has 0 aliphatic carbocycles. The number of alkyl carbamates (subject to hydrolysis) is 1. The van der Waals surface area contributed by atoms with Crippen LogP contribution in [0.4, 0.5) is 9.80 Å². The van der Waals surface area contributed by atoms with Gasteiger partial charge in [0, 0.05) is 10.4 Å². The minimum absolute atomic E-state index is 0.0395. The summed E-state index contributed by atoms with van der Waals surface area (Å²) in [6, 6.07) is 6.72. The first-order valence-electron chi connectivity index (χ1n) is 8.30. The molecular weight excluding hydrogens is 368 g/mol. The summed E-state index contributed by atoms with van der Waals surface area (Å²) < 4.78 is 10.0. The Kier molecular flexibility index (Phi) is 6.57. The molecule has 2 N–H and O–H groups in total. The Hall–Kier alpha value is -2.87. The summed E-state index contributed by atoms with van der Waals surface area (Å²) in [6.45, 7) is 7.43. The van der Waals surface area contributed by atoms with E-state index in [2.05, 4.69) is 15.4 Å². The Labute approximate surface area is 161 Å². The standard InChI is InChI=1S/C19H22N2O5S/c1-10(2)26-14-8-6-13(7-9-14)16(22)20-18-15(11(3)12(4)27-18)17(23)21-19(24)25-5/h6-10H,1-5H3,(H,20,22)(H,21,23,24). The zero-order valence-corrected chi connectivity index (χ0v) is 16.7. The zero-order chi connectivity index (χ0) is 20.1. The third kappa shape index (κ3) is 5.07. The van der Waals surface area contributed by atoms with Crippen molar-refractivity contribution in [2.45, 2.75) is 33.8 Å². The van der Waals surface area contributed by atoms with Crippen LogP contribution in [0.5, 0.6) is 5.75 Å². The Balaban J connectivity index is 2.21. The first-order chi connectivity index (χ1) is 12.7. The Morgan fingerprint density at radius 1 is 1.04 bits per heavy atom. The van der Waals surface area contributed by atoms with Crippen LogP contribution >= 0.6 is 11.3 Å². The van der Waals surface area contributed by atoms with Crippen molar-refractivity contribution in [1.82, 2.24) is 5.32 Å². The number of carbonyl (C=O) groups excluding carboxylic acids is 3. The number of hydrogen-bond donors (Lipinski definition) is 2. The van der Waals surface area contributed by atoms with Crippen molar-refractivity contribution in [3.8, 4) is 5.75 Å². The van der Waals surface area contributed by atoms with Gasteiger partial charge in [0.15, 0.2) is 0 Å². The molecule has 0 saturated carbocycles. The molecule has 0 unspecified atom stereocenters. The molecule has 0 saturated heterocycles. The molecule has 0 spiro atoms. The number of thiophene rings is 1. The summed E-state index contributed by atoms with van der Waals surface area (Å²) in [5.74, 6) is -0.318. The predicted octanol–water partition coefficient (Wildman–Crippen LogP) is 3.90. The number of imide groups is 1. The normalized spacial score (nSPS) is 10.4. The van der Waals surface area contributed by atoms with Gasteiger partial charge in [0.2, 0.25) is 0 Å². The second-order valence-electron chi connectivity index (χ2n) is 6.08. The number of carbonyl (C=O) groups is 3. The van der Waals surface area contributed by atoms with Crippen LogP contribution in [0.25, 0.3) is 0 Å². The average Bonchev–Trinajstić information content (AvgIpc) is 2.88. The highest BCUT2D eigenvalue weighted by atomic mass is 32.1. The minimum atomic E-state index is -0.860. The van der Waals surface area contributed by atoms with Crippen LogP contribution in [0.3, 0.4) is 0 Å². The van der Waals surface area contributed by atoms with Gasteiger partial charge in [-0.15, -0.1) is 11.3 Å². The maximum atomic E-state index is 12.6. The number of ether oxygens (including phenoxy) is 2. The molecule has 1 heterocycles.